The quantitative estimate of drug-likeness (QED) is 0.827. The highest BCUT2D eigenvalue weighted by Gasteiger charge is 2.17. The van der Waals surface area contributed by atoms with E-state index in [0.29, 0.717) is 0 Å². The maximum absolute atomic E-state index is 5.88. The number of aryl methyl sites for hydroxylation is 1. The predicted octanol–water partition coefficient (Wildman–Crippen LogP) is 2.68. The molecule has 88 valence electrons. The van der Waals surface area contributed by atoms with Gasteiger partial charge in [0.25, 0.3) is 0 Å². The third-order valence-corrected chi connectivity index (χ3v) is 3.90. The number of fused-ring (bicyclic) bond motifs is 1. The molecule has 2 N–H and O–H groups in total. The zero-order valence-electron chi connectivity index (χ0n) is 9.60. The highest BCUT2D eigenvalue weighted by molar-refractivity contribution is 7.09. The Kier molecular flexibility index (Phi) is 2.73. The van der Waals surface area contributed by atoms with E-state index in [4.69, 9.17) is 5.73 Å². The van der Waals surface area contributed by atoms with Gasteiger partial charge in [-0.3, -0.25) is 0 Å². The van der Waals surface area contributed by atoms with Crippen molar-refractivity contribution in [1.29, 1.82) is 0 Å². The van der Waals surface area contributed by atoms with Crippen LogP contribution in [0.3, 0.4) is 0 Å². The van der Waals surface area contributed by atoms with Crippen LogP contribution in [0.2, 0.25) is 0 Å². The molecule has 0 atom stereocenters. The molecular weight excluding hydrogens is 230 g/mol. The number of aromatic nitrogens is 1. The maximum Gasteiger partial charge on any atom is 0.112 e. The van der Waals surface area contributed by atoms with Gasteiger partial charge in [0.2, 0.25) is 0 Å². The molecule has 0 spiro atoms. The lowest BCUT2D eigenvalue weighted by Gasteiger charge is -2.30. The molecule has 0 amide bonds. The van der Waals surface area contributed by atoms with Crippen molar-refractivity contribution in [2.24, 2.45) is 0 Å². The number of nitrogens with two attached hydrogens (primary N) is 1. The monoisotopic (exact) mass is 245 g/mol. The van der Waals surface area contributed by atoms with E-state index >= 15 is 0 Å². The number of thiazole rings is 1. The van der Waals surface area contributed by atoms with Crippen molar-refractivity contribution < 1.29 is 0 Å². The SMILES string of the molecule is Nc1ccc2c(c1)N(Cc1nccs1)CCC2. The Bertz CT molecular complexity index is 507. The molecule has 1 aliphatic heterocycles. The van der Waals surface area contributed by atoms with Crippen LogP contribution < -0.4 is 10.6 Å². The van der Waals surface area contributed by atoms with Gasteiger partial charge >= 0.3 is 0 Å². The Morgan fingerprint density at radius 2 is 2.35 bits per heavy atom. The van der Waals surface area contributed by atoms with Crippen molar-refractivity contribution in [2.45, 2.75) is 19.4 Å². The second-order valence-corrected chi connectivity index (χ2v) is 5.32. The molecule has 0 bridgehead atoms. The molecule has 0 aliphatic carbocycles. The Balaban J connectivity index is 1.90. The van der Waals surface area contributed by atoms with Crippen LogP contribution in [-0.4, -0.2) is 11.5 Å². The van der Waals surface area contributed by atoms with Crippen LogP contribution in [-0.2, 0) is 13.0 Å². The minimum absolute atomic E-state index is 0.842. The lowest BCUT2D eigenvalue weighted by Crippen LogP contribution is -2.28. The van der Waals surface area contributed by atoms with Crippen molar-refractivity contribution in [1.82, 2.24) is 4.98 Å². The number of nitrogen functional groups attached to an aromatic ring is 1. The number of hydrogen-bond acceptors (Lipinski definition) is 4. The Hall–Kier alpha value is -1.55. The molecule has 1 aliphatic rings. The molecule has 2 heterocycles. The zero-order chi connectivity index (χ0) is 11.7. The predicted molar refractivity (Wildman–Crippen MR) is 72.3 cm³/mol. The summed E-state index contributed by atoms with van der Waals surface area (Å²) in [6.07, 6.45) is 4.23. The minimum Gasteiger partial charge on any atom is -0.399 e. The number of nitrogens with zero attached hydrogens (tertiary/aromatic N) is 2. The van der Waals surface area contributed by atoms with Crippen molar-refractivity contribution in [3.63, 3.8) is 0 Å². The normalized spacial score (nSPS) is 14.7. The first-order chi connectivity index (χ1) is 8.33. The van der Waals surface area contributed by atoms with Gasteiger partial charge in [-0.15, -0.1) is 11.3 Å². The van der Waals surface area contributed by atoms with Gasteiger partial charge in [0.15, 0.2) is 0 Å². The van der Waals surface area contributed by atoms with Gasteiger partial charge in [-0.2, -0.15) is 0 Å². The summed E-state index contributed by atoms with van der Waals surface area (Å²) in [5.41, 5.74) is 9.41. The molecule has 1 aromatic heterocycles. The van der Waals surface area contributed by atoms with Gasteiger partial charge in [0, 0.05) is 29.5 Å². The van der Waals surface area contributed by atoms with Crippen LogP contribution in [0.15, 0.2) is 29.8 Å². The molecule has 0 saturated carbocycles. The van der Waals surface area contributed by atoms with Crippen LogP contribution in [0, 0.1) is 0 Å². The van der Waals surface area contributed by atoms with E-state index in [2.05, 4.69) is 22.0 Å². The van der Waals surface area contributed by atoms with E-state index in [-0.39, 0.29) is 0 Å². The highest BCUT2D eigenvalue weighted by atomic mass is 32.1. The molecule has 0 radical (unpaired) electrons. The summed E-state index contributed by atoms with van der Waals surface area (Å²) in [7, 11) is 0. The molecule has 3 rings (SSSR count). The van der Waals surface area contributed by atoms with Gasteiger partial charge in [0.05, 0.1) is 6.54 Å². The second kappa shape index (κ2) is 4.37. The second-order valence-electron chi connectivity index (χ2n) is 4.34. The molecule has 0 unspecified atom stereocenters. The first-order valence-electron chi connectivity index (χ1n) is 5.84. The third kappa shape index (κ3) is 2.13. The summed E-state index contributed by atoms with van der Waals surface area (Å²) in [6.45, 7) is 1.99. The average Bonchev–Trinajstić information content (AvgIpc) is 2.83. The van der Waals surface area contributed by atoms with E-state index in [1.54, 1.807) is 11.3 Å². The Labute approximate surface area is 105 Å². The first-order valence-corrected chi connectivity index (χ1v) is 6.72. The molecule has 1 aromatic carbocycles. The van der Waals surface area contributed by atoms with Crippen molar-refractivity contribution in [3.05, 3.63) is 40.3 Å². The fraction of sp³-hybridized carbons (Fsp3) is 0.308. The van der Waals surface area contributed by atoms with E-state index in [1.165, 1.54) is 22.7 Å². The van der Waals surface area contributed by atoms with E-state index in [9.17, 15) is 0 Å². The summed E-state index contributed by atoms with van der Waals surface area (Å²) in [5.74, 6) is 0. The van der Waals surface area contributed by atoms with Crippen molar-refractivity contribution in [2.75, 3.05) is 17.2 Å². The smallest absolute Gasteiger partial charge is 0.112 e. The van der Waals surface area contributed by atoms with Crippen molar-refractivity contribution in [3.8, 4) is 0 Å². The van der Waals surface area contributed by atoms with E-state index in [0.717, 1.165) is 25.2 Å². The van der Waals surface area contributed by atoms with Gasteiger partial charge in [0.1, 0.15) is 5.01 Å². The Morgan fingerprint density at radius 1 is 1.41 bits per heavy atom. The van der Waals surface area contributed by atoms with E-state index in [1.807, 2.05) is 17.6 Å². The molecule has 2 aromatic rings. The number of benzene rings is 1. The van der Waals surface area contributed by atoms with Crippen LogP contribution >= 0.6 is 11.3 Å². The lowest BCUT2D eigenvalue weighted by atomic mass is 10.0. The largest absolute Gasteiger partial charge is 0.399 e. The summed E-state index contributed by atoms with van der Waals surface area (Å²) in [4.78, 5) is 6.73. The molecule has 3 nitrogen and oxygen atoms in total. The molecule has 17 heavy (non-hydrogen) atoms. The maximum atomic E-state index is 5.88. The van der Waals surface area contributed by atoms with Gasteiger partial charge in [-0.05, 0) is 30.5 Å². The van der Waals surface area contributed by atoms with Crippen LogP contribution in [0.5, 0.6) is 0 Å². The Morgan fingerprint density at radius 3 is 3.18 bits per heavy atom. The van der Waals surface area contributed by atoms with Crippen LogP contribution in [0.4, 0.5) is 11.4 Å². The topological polar surface area (TPSA) is 42.1 Å². The van der Waals surface area contributed by atoms with Crippen LogP contribution in [0.25, 0.3) is 0 Å². The minimum atomic E-state index is 0.842. The van der Waals surface area contributed by atoms with Gasteiger partial charge < -0.3 is 10.6 Å². The summed E-state index contributed by atoms with van der Waals surface area (Å²) in [5, 5.41) is 3.19. The molecule has 4 heteroatoms. The number of hydrogen-bond donors (Lipinski definition) is 1. The van der Waals surface area contributed by atoms with E-state index < -0.39 is 0 Å². The first kappa shape index (κ1) is 10.6. The standard InChI is InChI=1S/C13H15N3S/c14-11-4-3-10-2-1-6-16(12(10)8-11)9-13-15-5-7-17-13/h3-5,7-8H,1-2,6,9,14H2. The third-order valence-electron chi connectivity index (χ3n) is 3.13. The summed E-state index contributed by atoms with van der Waals surface area (Å²) in [6, 6.07) is 6.23. The van der Waals surface area contributed by atoms with Gasteiger partial charge in [-0.25, -0.2) is 4.98 Å². The van der Waals surface area contributed by atoms with Crippen LogP contribution in [0.1, 0.15) is 17.0 Å². The van der Waals surface area contributed by atoms with Gasteiger partial charge in [-0.1, -0.05) is 6.07 Å². The molecular formula is C13H15N3S. The van der Waals surface area contributed by atoms with Crippen molar-refractivity contribution >= 4 is 22.7 Å². The summed E-state index contributed by atoms with van der Waals surface area (Å²) >= 11 is 1.71. The number of anilines is 2. The fourth-order valence-corrected chi connectivity index (χ4v) is 2.96. The highest BCUT2D eigenvalue weighted by Crippen LogP contribution is 2.30. The number of rotatable bonds is 2. The lowest BCUT2D eigenvalue weighted by molar-refractivity contribution is 0.690. The average molecular weight is 245 g/mol. The summed E-state index contributed by atoms with van der Waals surface area (Å²) < 4.78 is 0. The molecule has 0 fully saturated rings. The fourth-order valence-electron chi connectivity index (χ4n) is 2.33. The molecule has 0 saturated heterocycles. The zero-order valence-corrected chi connectivity index (χ0v) is 10.4.